The lowest BCUT2D eigenvalue weighted by Gasteiger charge is -2.11. The normalized spacial score (nSPS) is 11.6. The lowest BCUT2D eigenvalue weighted by atomic mass is 9.99. The van der Waals surface area contributed by atoms with Crippen LogP contribution in [0.5, 0.6) is 0 Å². The van der Waals surface area contributed by atoms with Crippen LogP contribution < -0.4 is 11.3 Å². The minimum atomic E-state index is -0.107. The number of hydrogen-bond acceptors (Lipinski definition) is 7. The van der Waals surface area contributed by atoms with Gasteiger partial charge in [0.05, 0.1) is 34.2 Å². The van der Waals surface area contributed by atoms with Gasteiger partial charge in [0.1, 0.15) is 4.83 Å². The predicted molar refractivity (Wildman–Crippen MR) is 109 cm³/mol. The van der Waals surface area contributed by atoms with Gasteiger partial charge in [0.25, 0.3) is 5.56 Å². The van der Waals surface area contributed by atoms with Gasteiger partial charge in [0.2, 0.25) is 0 Å². The van der Waals surface area contributed by atoms with Gasteiger partial charge in [0, 0.05) is 31.4 Å². The number of fused-ring (bicyclic) bond motifs is 1. The second kappa shape index (κ2) is 7.77. The fourth-order valence-corrected chi connectivity index (χ4v) is 4.92. The topological polar surface area (TPSA) is 83.0 Å². The summed E-state index contributed by atoms with van der Waals surface area (Å²) in [6.45, 7) is 4.93. The van der Waals surface area contributed by atoms with Crippen LogP contribution in [0.3, 0.4) is 0 Å². The molecule has 3 rings (SSSR count). The number of pyridine rings is 1. The van der Waals surface area contributed by atoms with E-state index < -0.39 is 0 Å². The smallest absolute Gasteiger partial charge is 0.253 e. The van der Waals surface area contributed by atoms with E-state index in [9.17, 15) is 4.79 Å². The van der Waals surface area contributed by atoms with Crippen molar-refractivity contribution in [1.29, 1.82) is 0 Å². The Hall–Kier alpha value is -1.90. The summed E-state index contributed by atoms with van der Waals surface area (Å²) in [5.74, 6) is 1.12. The van der Waals surface area contributed by atoms with Gasteiger partial charge in [-0.05, 0) is 17.5 Å². The lowest BCUT2D eigenvalue weighted by molar-refractivity contribution is 0.218. The highest BCUT2D eigenvalue weighted by Gasteiger charge is 2.19. The molecule has 3 aromatic rings. The molecule has 0 unspecified atom stereocenters. The summed E-state index contributed by atoms with van der Waals surface area (Å²) < 4.78 is 7.62. The Labute approximate surface area is 160 Å². The Kier molecular flexibility index (Phi) is 5.64. The number of nitrogens with zero attached hydrogens (tertiary/aromatic N) is 3. The molecule has 0 radical (unpaired) electrons. The minimum Gasteiger partial charge on any atom is -0.397 e. The quantitative estimate of drug-likeness (QED) is 0.512. The molecule has 0 aliphatic heterocycles. The van der Waals surface area contributed by atoms with Gasteiger partial charge in [-0.15, -0.1) is 23.1 Å². The third-order valence-electron chi connectivity index (χ3n) is 4.08. The zero-order valence-electron chi connectivity index (χ0n) is 15.3. The molecule has 8 heteroatoms. The van der Waals surface area contributed by atoms with Crippen LogP contribution in [0.1, 0.15) is 25.3 Å². The number of methoxy groups -OCH3 is 1. The van der Waals surface area contributed by atoms with Gasteiger partial charge in [-0.25, -0.2) is 9.97 Å². The molecule has 3 aromatic heterocycles. The number of aromatic nitrogens is 3. The van der Waals surface area contributed by atoms with Gasteiger partial charge in [-0.1, -0.05) is 13.8 Å². The highest BCUT2D eigenvalue weighted by Crippen LogP contribution is 2.43. The Morgan fingerprint density at radius 1 is 1.35 bits per heavy atom. The van der Waals surface area contributed by atoms with Crippen LogP contribution in [0.4, 0.5) is 5.69 Å². The van der Waals surface area contributed by atoms with Crippen LogP contribution >= 0.6 is 23.1 Å². The maximum atomic E-state index is 12.0. The van der Waals surface area contributed by atoms with Crippen molar-refractivity contribution in [2.45, 2.75) is 24.0 Å². The number of thiophene rings is 1. The van der Waals surface area contributed by atoms with Crippen molar-refractivity contribution in [2.24, 2.45) is 7.05 Å². The highest BCUT2D eigenvalue weighted by atomic mass is 32.2. The van der Waals surface area contributed by atoms with Crippen molar-refractivity contribution in [1.82, 2.24) is 14.5 Å². The van der Waals surface area contributed by atoms with Crippen molar-refractivity contribution in [3.05, 3.63) is 34.4 Å². The third kappa shape index (κ3) is 3.62. The molecule has 3 heterocycles. The van der Waals surface area contributed by atoms with E-state index in [0.717, 1.165) is 31.4 Å². The highest BCUT2D eigenvalue weighted by molar-refractivity contribution is 8.01. The fraction of sp³-hybridized carbons (Fsp3) is 0.389. The van der Waals surface area contributed by atoms with Gasteiger partial charge in [0.15, 0.2) is 0 Å². The molecular formula is C18H22N4O2S2. The number of nitrogens with two attached hydrogens (primary N) is 1. The third-order valence-corrected chi connectivity index (χ3v) is 6.43. The summed E-state index contributed by atoms with van der Waals surface area (Å²) in [7, 11) is 3.37. The maximum absolute atomic E-state index is 12.0. The number of ether oxygens (including phenoxy) is 1. The zero-order chi connectivity index (χ0) is 18.8. The van der Waals surface area contributed by atoms with E-state index in [1.54, 1.807) is 37.3 Å². The number of hydrogen-bond donors (Lipinski definition) is 1. The van der Waals surface area contributed by atoms with Crippen molar-refractivity contribution >= 4 is 39.0 Å². The number of aryl methyl sites for hydroxylation is 1. The first-order chi connectivity index (χ1) is 12.4. The Morgan fingerprint density at radius 3 is 2.77 bits per heavy atom. The second-order valence-electron chi connectivity index (χ2n) is 6.30. The molecular weight excluding hydrogens is 368 g/mol. The fourth-order valence-electron chi connectivity index (χ4n) is 2.64. The summed E-state index contributed by atoms with van der Waals surface area (Å²) in [4.78, 5) is 22.0. The molecule has 138 valence electrons. The van der Waals surface area contributed by atoms with Crippen molar-refractivity contribution in [2.75, 3.05) is 25.2 Å². The van der Waals surface area contributed by atoms with E-state index in [4.69, 9.17) is 15.5 Å². The van der Waals surface area contributed by atoms with Crippen molar-refractivity contribution in [3.8, 4) is 11.4 Å². The lowest BCUT2D eigenvalue weighted by Crippen LogP contribution is -2.16. The van der Waals surface area contributed by atoms with E-state index in [0.29, 0.717) is 18.0 Å². The number of nitrogen functional groups attached to an aromatic ring is 1. The molecule has 0 aromatic carbocycles. The van der Waals surface area contributed by atoms with Crippen molar-refractivity contribution in [3.63, 3.8) is 0 Å². The van der Waals surface area contributed by atoms with E-state index in [-0.39, 0.29) is 11.5 Å². The average Bonchev–Trinajstić information content (AvgIpc) is 2.93. The molecule has 0 fully saturated rings. The molecule has 26 heavy (non-hydrogen) atoms. The standard InChI is InChI=1S/C18H22N4O2S2/c1-10(2)11-7-13(12-8-14(23)22(3)9-20-12)21-17-15(11)16(19)18(26-17)25-6-5-24-4/h7-10H,5-6,19H2,1-4H3. The van der Waals surface area contributed by atoms with E-state index >= 15 is 0 Å². The number of anilines is 1. The van der Waals surface area contributed by atoms with Gasteiger partial charge in [-0.2, -0.15) is 0 Å². The average molecular weight is 391 g/mol. The molecule has 0 amide bonds. The van der Waals surface area contributed by atoms with E-state index in [2.05, 4.69) is 18.8 Å². The van der Waals surface area contributed by atoms with Gasteiger partial charge >= 0.3 is 0 Å². The summed E-state index contributed by atoms with van der Waals surface area (Å²) >= 11 is 3.27. The summed E-state index contributed by atoms with van der Waals surface area (Å²) in [6.07, 6.45) is 1.52. The zero-order valence-corrected chi connectivity index (χ0v) is 16.9. The summed E-state index contributed by atoms with van der Waals surface area (Å²) in [5.41, 5.74) is 9.52. The largest absolute Gasteiger partial charge is 0.397 e. The molecule has 0 saturated carbocycles. The van der Waals surface area contributed by atoms with Gasteiger partial charge in [-0.3, -0.25) is 4.79 Å². The molecule has 0 saturated heterocycles. The van der Waals surface area contributed by atoms with Crippen LogP contribution in [0.2, 0.25) is 0 Å². The van der Waals surface area contributed by atoms with Crippen LogP contribution in [0.15, 0.2) is 27.5 Å². The molecule has 6 nitrogen and oxygen atoms in total. The Bertz CT molecular complexity index is 995. The first-order valence-electron chi connectivity index (χ1n) is 8.30. The maximum Gasteiger partial charge on any atom is 0.253 e. The van der Waals surface area contributed by atoms with E-state index in [1.165, 1.54) is 17.0 Å². The Morgan fingerprint density at radius 2 is 2.12 bits per heavy atom. The predicted octanol–water partition coefficient (Wildman–Crippen LogP) is 3.50. The molecule has 0 atom stereocenters. The second-order valence-corrected chi connectivity index (χ2v) is 8.66. The van der Waals surface area contributed by atoms with E-state index in [1.807, 2.05) is 6.07 Å². The molecule has 2 N–H and O–H groups in total. The molecule has 0 aliphatic carbocycles. The first-order valence-corrected chi connectivity index (χ1v) is 10.1. The van der Waals surface area contributed by atoms with Crippen LogP contribution in [-0.4, -0.2) is 34.0 Å². The monoisotopic (exact) mass is 390 g/mol. The van der Waals surface area contributed by atoms with Crippen LogP contribution in [0, 0.1) is 0 Å². The summed E-state index contributed by atoms with van der Waals surface area (Å²) in [5, 5.41) is 1.01. The van der Waals surface area contributed by atoms with Gasteiger partial charge < -0.3 is 15.0 Å². The van der Waals surface area contributed by atoms with Crippen molar-refractivity contribution < 1.29 is 4.74 Å². The molecule has 0 aliphatic rings. The number of rotatable bonds is 6. The SMILES string of the molecule is COCCSc1sc2nc(-c3cc(=O)n(C)cn3)cc(C(C)C)c2c1N. The van der Waals surface area contributed by atoms with Crippen LogP contribution in [-0.2, 0) is 11.8 Å². The Balaban J connectivity index is 2.15. The summed E-state index contributed by atoms with van der Waals surface area (Å²) in [6, 6.07) is 3.52. The molecule has 0 bridgehead atoms. The first kappa shape index (κ1) is 18.9. The molecule has 0 spiro atoms. The number of thioether (sulfide) groups is 1. The van der Waals surface area contributed by atoms with Crippen LogP contribution in [0.25, 0.3) is 21.6 Å². The minimum absolute atomic E-state index is 0.107.